The van der Waals surface area contributed by atoms with E-state index in [1.807, 2.05) is 0 Å². The van der Waals surface area contributed by atoms with Crippen LogP contribution in [-0.2, 0) is 9.53 Å². The summed E-state index contributed by atoms with van der Waals surface area (Å²) in [4.78, 5) is 10.3. The second-order valence-corrected chi connectivity index (χ2v) is 1.69. The highest BCUT2D eigenvalue weighted by molar-refractivity contribution is 5.81. The summed E-state index contributed by atoms with van der Waals surface area (Å²) in [5.74, 6) is -0.723. The first-order chi connectivity index (χ1) is 4.25. The molecular weight excluding hydrogens is 124 g/mol. The van der Waals surface area contributed by atoms with Crippen LogP contribution in [0, 0.1) is 0 Å². The molecule has 0 amide bonds. The zero-order chi connectivity index (χ0) is 6.85. The molecule has 0 aromatic rings. The van der Waals surface area contributed by atoms with Crippen LogP contribution in [0.3, 0.4) is 0 Å². The molecule has 1 aliphatic heterocycles. The van der Waals surface area contributed by atoms with Crippen LogP contribution < -0.4 is 0 Å². The number of cyclic esters (lactones) is 1. The molecule has 4 nitrogen and oxygen atoms in total. The van der Waals surface area contributed by atoms with Gasteiger partial charge in [-0.05, 0) is 0 Å². The Bertz CT molecular complexity index is 160. The zero-order valence-corrected chi connectivity index (χ0v) is 4.57. The molecule has 0 bridgehead atoms. The quantitative estimate of drug-likeness (QED) is 0.436. The Morgan fingerprint density at radius 2 is 2.44 bits per heavy atom. The van der Waals surface area contributed by atoms with E-state index in [4.69, 9.17) is 10.2 Å². The largest absolute Gasteiger partial charge is 0.432 e. The summed E-state index contributed by atoms with van der Waals surface area (Å²) < 4.78 is 4.26. The molecule has 0 radical (unpaired) electrons. The number of ether oxygens (including phenoxy) is 1. The molecule has 0 fully saturated rings. The molecule has 0 spiro atoms. The number of hydrogen-bond acceptors (Lipinski definition) is 4. The first-order valence-corrected chi connectivity index (χ1v) is 2.44. The minimum absolute atomic E-state index is 0.208. The fourth-order valence-electron chi connectivity index (χ4n) is 0.538. The van der Waals surface area contributed by atoms with E-state index in [1.54, 1.807) is 0 Å². The average Bonchev–Trinajstić information content (AvgIpc) is 2.15. The summed E-state index contributed by atoms with van der Waals surface area (Å²) in [5, 5.41) is 17.1. The predicted molar refractivity (Wildman–Crippen MR) is 27.3 cm³/mol. The number of carbonyl (C=O) groups is 1. The van der Waals surface area contributed by atoms with Gasteiger partial charge in [0.1, 0.15) is 0 Å². The van der Waals surface area contributed by atoms with E-state index in [0.29, 0.717) is 0 Å². The van der Waals surface area contributed by atoms with Crippen LogP contribution in [0.4, 0.5) is 0 Å². The minimum Gasteiger partial charge on any atom is -0.432 e. The number of aliphatic hydroxyl groups is 2. The number of hydrogen-bond donors (Lipinski definition) is 2. The molecule has 4 heteroatoms. The fourth-order valence-corrected chi connectivity index (χ4v) is 0.538. The maximum atomic E-state index is 10.3. The van der Waals surface area contributed by atoms with Crippen molar-refractivity contribution < 1.29 is 19.7 Å². The Morgan fingerprint density at radius 3 is 2.67 bits per heavy atom. The molecule has 1 heterocycles. The van der Waals surface area contributed by atoms with Crippen molar-refractivity contribution >= 4 is 5.97 Å². The second-order valence-electron chi connectivity index (χ2n) is 1.69. The first-order valence-electron chi connectivity index (χ1n) is 2.44. The Labute approximate surface area is 51.4 Å². The van der Waals surface area contributed by atoms with Crippen LogP contribution in [0.2, 0.25) is 0 Å². The number of rotatable bonds is 1. The lowest BCUT2D eigenvalue weighted by molar-refractivity contribution is -0.142. The summed E-state index contributed by atoms with van der Waals surface area (Å²) in [6.07, 6.45) is -0.192. The highest BCUT2D eigenvalue weighted by atomic mass is 16.5. The summed E-state index contributed by atoms with van der Waals surface area (Å²) in [6, 6.07) is 0. The fraction of sp³-hybridized carbons (Fsp3) is 0.400. The highest BCUT2D eigenvalue weighted by Crippen LogP contribution is 2.11. The molecule has 0 saturated carbocycles. The molecule has 0 aromatic carbocycles. The maximum Gasteiger partial charge on any atom is 0.344 e. The maximum absolute atomic E-state index is 10.3. The third-order valence-corrected chi connectivity index (χ3v) is 1.08. The van der Waals surface area contributed by atoms with Gasteiger partial charge >= 0.3 is 5.97 Å². The van der Waals surface area contributed by atoms with Gasteiger partial charge in [0.05, 0.1) is 12.9 Å². The van der Waals surface area contributed by atoms with E-state index in [1.165, 1.54) is 0 Å². The van der Waals surface area contributed by atoms with Gasteiger partial charge in [-0.1, -0.05) is 0 Å². The van der Waals surface area contributed by atoms with Gasteiger partial charge in [-0.2, -0.15) is 0 Å². The second kappa shape index (κ2) is 2.16. The smallest absolute Gasteiger partial charge is 0.344 e. The molecular formula is C5H6O4. The molecule has 1 aliphatic rings. The molecule has 50 valence electrons. The molecule has 2 N–H and O–H groups in total. The number of esters is 1. The Morgan fingerprint density at radius 1 is 1.78 bits per heavy atom. The zero-order valence-electron chi connectivity index (χ0n) is 4.57. The molecule has 1 rings (SSSR count). The summed E-state index contributed by atoms with van der Waals surface area (Å²) >= 11 is 0. The summed E-state index contributed by atoms with van der Waals surface area (Å²) in [6.45, 7) is -0.340. The molecule has 0 aromatic heterocycles. The van der Waals surface area contributed by atoms with Crippen molar-refractivity contribution in [2.75, 3.05) is 6.61 Å². The van der Waals surface area contributed by atoms with Crippen LogP contribution in [0.5, 0.6) is 0 Å². The molecule has 9 heavy (non-hydrogen) atoms. The summed E-state index contributed by atoms with van der Waals surface area (Å²) in [5.41, 5.74) is 0.208. The van der Waals surface area contributed by atoms with Crippen LogP contribution in [-0.4, -0.2) is 28.9 Å². The number of carbonyl (C=O) groups excluding carboxylic acids is 1. The van der Waals surface area contributed by atoms with Gasteiger partial charge in [0.2, 0.25) is 0 Å². The molecule has 1 atom stereocenters. The van der Waals surface area contributed by atoms with Crippen molar-refractivity contribution in [3.8, 4) is 0 Å². The van der Waals surface area contributed by atoms with Crippen molar-refractivity contribution in [2.24, 2.45) is 0 Å². The molecule has 1 unspecified atom stereocenters. The van der Waals surface area contributed by atoms with E-state index in [2.05, 4.69) is 4.74 Å². The van der Waals surface area contributed by atoms with Gasteiger partial charge in [0.15, 0.2) is 6.10 Å². The summed E-state index contributed by atoms with van der Waals surface area (Å²) in [7, 11) is 0. The van der Waals surface area contributed by atoms with Gasteiger partial charge in [-0.25, -0.2) is 4.79 Å². The average molecular weight is 130 g/mol. The van der Waals surface area contributed by atoms with E-state index in [-0.39, 0.29) is 12.2 Å². The minimum atomic E-state index is -1.25. The monoisotopic (exact) mass is 130 g/mol. The van der Waals surface area contributed by atoms with Gasteiger partial charge < -0.3 is 14.9 Å². The third-order valence-electron chi connectivity index (χ3n) is 1.08. The molecule has 0 aliphatic carbocycles. The normalized spacial score (nSPS) is 25.8. The lowest BCUT2D eigenvalue weighted by Crippen LogP contribution is -2.18. The third kappa shape index (κ3) is 0.940. The van der Waals surface area contributed by atoms with Crippen molar-refractivity contribution in [3.05, 3.63) is 11.8 Å². The van der Waals surface area contributed by atoms with E-state index in [0.717, 1.165) is 6.26 Å². The number of aliphatic hydroxyl groups excluding tert-OH is 2. The van der Waals surface area contributed by atoms with Gasteiger partial charge in [-0.15, -0.1) is 0 Å². The SMILES string of the molecule is O=C1OC=C(CO)C1O. The van der Waals surface area contributed by atoms with E-state index >= 15 is 0 Å². The van der Waals surface area contributed by atoms with Crippen LogP contribution in [0.25, 0.3) is 0 Å². The van der Waals surface area contributed by atoms with Crippen molar-refractivity contribution in [2.45, 2.75) is 6.10 Å². The van der Waals surface area contributed by atoms with Crippen LogP contribution in [0.15, 0.2) is 11.8 Å². The predicted octanol–water partition coefficient (Wildman–Crippen LogP) is -1.22. The van der Waals surface area contributed by atoms with Gasteiger partial charge in [0.25, 0.3) is 0 Å². The van der Waals surface area contributed by atoms with E-state index in [9.17, 15) is 4.79 Å². The van der Waals surface area contributed by atoms with Gasteiger partial charge in [-0.3, -0.25) is 0 Å². The van der Waals surface area contributed by atoms with E-state index < -0.39 is 12.1 Å². The Kier molecular flexibility index (Phi) is 1.50. The molecule has 0 saturated heterocycles. The Hall–Kier alpha value is -0.870. The highest BCUT2D eigenvalue weighted by Gasteiger charge is 2.26. The van der Waals surface area contributed by atoms with Crippen molar-refractivity contribution in [3.63, 3.8) is 0 Å². The lowest BCUT2D eigenvalue weighted by atomic mass is 10.2. The van der Waals surface area contributed by atoms with Crippen molar-refractivity contribution in [1.82, 2.24) is 0 Å². The Balaban J connectivity index is 2.66. The lowest BCUT2D eigenvalue weighted by Gasteiger charge is -1.97. The standard InChI is InChI=1S/C5H6O4/c6-1-3-2-9-5(8)4(3)7/h2,4,6-7H,1H2. The first kappa shape index (κ1) is 6.25. The van der Waals surface area contributed by atoms with Crippen LogP contribution in [0.1, 0.15) is 0 Å². The van der Waals surface area contributed by atoms with Crippen LogP contribution >= 0.6 is 0 Å². The van der Waals surface area contributed by atoms with Gasteiger partial charge in [0, 0.05) is 5.57 Å². The van der Waals surface area contributed by atoms with Crippen molar-refractivity contribution in [1.29, 1.82) is 0 Å². The topological polar surface area (TPSA) is 66.8 Å².